The normalized spacial score (nSPS) is 8.50. The topological polar surface area (TPSA) is 40.5 Å². The van der Waals surface area contributed by atoms with E-state index in [-0.39, 0.29) is 41.1 Å². The predicted molar refractivity (Wildman–Crippen MR) is 40.3 cm³/mol. The van der Waals surface area contributed by atoms with Gasteiger partial charge in [-0.3, -0.25) is 0 Å². The molecule has 0 saturated carbocycles. The van der Waals surface area contributed by atoms with Gasteiger partial charge in [0.05, 0.1) is 0 Å². The average Bonchev–Trinajstić information content (AvgIpc) is 1.83. The van der Waals surface area contributed by atoms with Crippen molar-refractivity contribution in [2.75, 3.05) is 0 Å². The molecular weight excluding hydrogens is 139 g/mol. The average molecular weight is 147 g/mol. The minimum Gasteiger partial charge on any atom is -0.508 e. The summed E-state index contributed by atoms with van der Waals surface area (Å²) in [6, 6.07) is 4.67. The van der Waals surface area contributed by atoms with Crippen molar-refractivity contribution < 1.29 is 10.2 Å². The van der Waals surface area contributed by atoms with Gasteiger partial charge in [0.1, 0.15) is 11.5 Å². The van der Waals surface area contributed by atoms with E-state index in [2.05, 4.69) is 0 Å². The molecule has 10 heavy (non-hydrogen) atoms. The summed E-state index contributed by atoms with van der Waals surface area (Å²) in [5.74, 6) is 0.269. The maximum absolute atomic E-state index is 8.94. The third-order valence-corrected chi connectivity index (χ3v) is 1.28. The standard InChI is InChI=1S/C7H8O2.Na/c1-5-6(8)3-2-4-7(5)9;/h2-4,8-9H,1H3;. The van der Waals surface area contributed by atoms with Crippen LogP contribution in [0.3, 0.4) is 0 Å². The van der Waals surface area contributed by atoms with Crippen LogP contribution >= 0.6 is 0 Å². The molecule has 49 valence electrons. The molecular formula is C7H8NaO2. The molecule has 1 aromatic rings. The van der Waals surface area contributed by atoms with Gasteiger partial charge in [-0.2, -0.15) is 0 Å². The van der Waals surface area contributed by atoms with Crippen LogP contribution in [0.5, 0.6) is 11.5 Å². The van der Waals surface area contributed by atoms with Gasteiger partial charge in [-0.25, -0.2) is 0 Å². The molecule has 2 nitrogen and oxygen atoms in total. The van der Waals surface area contributed by atoms with Crippen LogP contribution in [0.15, 0.2) is 18.2 Å². The molecule has 1 aromatic carbocycles. The second-order valence-electron chi connectivity index (χ2n) is 1.92. The smallest absolute Gasteiger partial charge is 0.122 e. The summed E-state index contributed by atoms with van der Waals surface area (Å²) in [6.07, 6.45) is 0. The maximum Gasteiger partial charge on any atom is 0.122 e. The molecule has 0 spiro atoms. The van der Waals surface area contributed by atoms with Crippen LogP contribution < -0.4 is 0 Å². The quantitative estimate of drug-likeness (QED) is 0.538. The van der Waals surface area contributed by atoms with Crippen LogP contribution in [0, 0.1) is 6.92 Å². The fourth-order valence-corrected chi connectivity index (χ4v) is 0.612. The summed E-state index contributed by atoms with van der Waals surface area (Å²) in [5.41, 5.74) is 0.525. The van der Waals surface area contributed by atoms with Gasteiger partial charge < -0.3 is 10.2 Å². The van der Waals surface area contributed by atoms with Gasteiger partial charge in [0, 0.05) is 35.1 Å². The summed E-state index contributed by atoms with van der Waals surface area (Å²) in [5, 5.41) is 17.9. The van der Waals surface area contributed by atoms with E-state index in [0.717, 1.165) is 0 Å². The van der Waals surface area contributed by atoms with Crippen molar-refractivity contribution in [2.45, 2.75) is 6.92 Å². The Hall–Kier alpha value is -0.180. The molecule has 3 heteroatoms. The molecule has 0 saturated heterocycles. The van der Waals surface area contributed by atoms with Gasteiger partial charge in [0.15, 0.2) is 0 Å². The van der Waals surface area contributed by atoms with Crippen molar-refractivity contribution in [3.05, 3.63) is 23.8 Å². The number of rotatable bonds is 0. The Morgan fingerprint density at radius 2 is 1.50 bits per heavy atom. The van der Waals surface area contributed by atoms with Crippen molar-refractivity contribution in [3.8, 4) is 11.5 Å². The van der Waals surface area contributed by atoms with Crippen LogP contribution in [-0.2, 0) is 0 Å². The first-order valence-electron chi connectivity index (χ1n) is 2.69. The third-order valence-electron chi connectivity index (χ3n) is 1.28. The first-order chi connectivity index (χ1) is 4.22. The molecule has 0 aromatic heterocycles. The van der Waals surface area contributed by atoms with E-state index in [1.165, 1.54) is 12.1 Å². The van der Waals surface area contributed by atoms with E-state index in [9.17, 15) is 0 Å². The zero-order chi connectivity index (χ0) is 6.85. The summed E-state index contributed by atoms with van der Waals surface area (Å²) in [7, 11) is 0. The number of benzene rings is 1. The zero-order valence-electron chi connectivity index (χ0n) is 6.13. The second kappa shape index (κ2) is 3.86. The Bertz CT molecular complexity index is 203. The predicted octanol–water partition coefficient (Wildman–Crippen LogP) is 1.03. The summed E-state index contributed by atoms with van der Waals surface area (Å²) < 4.78 is 0. The molecule has 0 aliphatic rings. The van der Waals surface area contributed by atoms with Gasteiger partial charge in [0.2, 0.25) is 0 Å². The number of phenolic OH excluding ortho intramolecular Hbond substituents is 2. The Labute approximate surface area is 81.8 Å². The van der Waals surface area contributed by atoms with Gasteiger partial charge in [-0.1, -0.05) is 6.07 Å². The number of hydrogen-bond donors (Lipinski definition) is 2. The minimum atomic E-state index is 0. The van der Waals surface area contributed by atoms with Gasteiger partial charge >= 0.3 is 0 Å². The molecule has 0 atom stereocenters. The largest absolute Gasteiger partial charge is 0.508 e. The SMILES string of the molecule is Cc1c(O)cccc1O.[Na]. The molecule has 1 rings (SSSR count). The van der Waals surface area contributed by atoms with Crippen molar-refractivity contribution in [1.82, 2.24) is 0 Å². The Balaban J connectivity index is 0.000000810. The van der Waals surface area contributed by atoms with E-state index < -0.39 is 0 Å². The summed E-state index contributed by atoms with van der Waals surface area (Å²) in [6.45, 7) is 1.66. The van der Waals surface area contributed by atoms with Crippen molar-refractivity contribution >= 4 is 29.6 Å². The monoisotopic (exact) mass is 147 g/mol. The van der Waals surface area contributed by atoms with Gasteiger partial charge in [0.25, 0.3) is 0 Å². The minimum absolute atomic E-state index is 0. The Morgan fingerprint density at radius 1 is 1.10 bits per heavy atom. The number of phenols is 2. The number of hydrogen-bond acceptors (Lipinski definition) is 2. The van der Waals surface area contributed by atoms with Crippen LogP contribution in [0.25, 0.3) is 0 Å². The maximum atomic E-state index is 8.94. The molecule has 0 unspecified atom stereocenters. The molecule has 1 radical (unpaired) electrons. The van der Waals surface area contributed by atoms with Crippen molar-refractivity contribution in [3.63, 3.8) is 0 Å². The summed E-state index contributed by atoms with van der Waals surface area (Å²) in [4.78, 5) is 0. The van der Waals surface area contributed by atoms with Crippen LogP contribution in [-0.4, -0.2) is 39.8 Å². The Morgan fingerprint density at radius 3 is 1.80 bits per heavy atom. The van der Waals surface area contributed by atoms with Crippen molar-refractivity contribution in [1.29, 1.82) is 0 Å². The van der Waals surface area contributed by atoms with Gasteiger partial charge in [-0.15, -0.1) is 0 Å². The summed E-state index contributed by atoms with van der Waals surface area (Å²) >= 11 is 0. The fraction of sp³-hybridized carbons (Fsp3) is 0.143. The van der Waals surface area contributed by atoms with E-state index in [4.69, 9.17) is 10.2 Å². The molecule has 0 fully saturated rings. The van der Waals surface area contributed by atoms with Gasteiger partial charge in [-0.05, 0) is 19.1 Å². The fourth-order valence-electron chi connectivity index (χ4n) is 0.612. The van der Waals surface area contributed by atoms with Crippen LogP contribution in [0.1, 0.15) is 5.56 Å². The van der Waals surface area contributed by atoms with E-state index in [1.54, 1.807) is 13.0 Å². The van der Waals surface area contributed by atoms with Crippen LogP contribution in [0.2, 0.25) is 0 Å². The number of aromatic hydroxyl groups is 2. The first-order valence-corrected chi connectivity index (χ1v) is 2.69. The molecule has 0 heterocycles. The third kappa shape index (κ3) is 1.90. The van der Waals surface area contributed by atoms with Crippen LogP contribution in [0.4, 0.5) is 0 Å². The first kappa shape index (κ1) is 9.82. The van der Waals surface area contributed by atoms with E-state index in [1.807, 2.05) is 0 Å². The molecule has 0 aliphatic carbocycles. The molecule has 2 N–H and O–H groups in total. The Kier molecular flexibility index (Phi) is 3.79. The van der Waals surface area contributed by atoms with E-state index >= 15 is 0 Å². The molecule has 0 bridgehead atoms. The zero-order valence-corrected chi connectivity index (χ0v) is 8.13. The van der Waals surface area contributed by atoms with Crippen molar-refractivity contribution in [2.24, 2.45) is 0 Å². The molecule has 0 aliphatic heterocycles. The molecule has 0 amide bonds. The second-order valence-corrected chi connectivity index (χ2v) is 1.92. The van der Waals surface area contributed by atoms with E-state index in [0.29, 0.717) is 5.56 Å².